The number of fused-ring (bicyclic) bond motifs is 12. The maximum atomic E-state index is 11.8. The number of benzene rings is 18. The molecule has 0 spiro atoms. The number of hydrogen-bond acceptors (Lipinski definition) is 4. The third-order valence-electron chi connectivity index (χ3n) is 28.1. The van der Waals surface area contributed by atoms with Gasteiger partial charge in [0, 0.05) is 76.7 Å². The van der Waals surface area contributed by atoms with E-state index in [1.54, 1.807) is 0 Å². The summed E-state index contributed by atoms with van der Waals surface area (Å²) in [6.45, 7) is 15.2. The molecule has 0 saturated carbocycles. The van der Waals surface area contributed by atoms with E-state index >= 15 is 0 Å². The van der Waals surface area contributed by atoms with Gasteiger partial charge in [0.15, 0.2) is 0 Å². The molecule has 0 aliphatic heterocycles. The average molecular weight is 1740 g/mol. The number of para-hydroxylation sites is 2. The summed E-state index contributed by atoms with van der Waals surface area (Å²) in [4.78, 5) is 10.5. The first-order chi connectivity index (χ1) is 66.7. The molecular formula is C128H90N8. The molecule has 8 nitrogen and oxygen atoms in total. The minimum absolute atomic E-state index is 0.530. The first-order valence-electron chi connectivity index (χ1n) is 46.6. The van der Waals surface area contributed by atoms with E-state index in [-0.39, 0.29) is 0 Å². The Balaban J connectivity index is 0.658. The van der Waals surface area contributed by atoms with E-state index in [1.165, 1.54) is 38.9 Å². The molecule has 0 aliphatic rings. The lowest BCUT2D eigenvalue weighted by molar-refractivity contribution is 1.11. The minimum atomic E-state index is 0.530. The molecule has 0 saturated heterocycles. The van der Waals surface area contributed by atoms with Gasteiger partial charge < -0.3 is 18.3 Å². The topological polar surface area (TPSA) is 93.1 Å². The highest BCUT2D eigenvalue weighted by atomic mass is 15.0. The fraction of sp³-hybridized carbons (Fsp3) is 0.0625. The Labute approximate surface area is 789 Å². The van der Waals surface area contributed by atoms with Gasteiger partial charge in [-0.1, -0.05) is 297 Å². The lowest BCUT2D eigenvalue weighted by Crippen LogP contribution is -2.06. The number of aryl methyl sites for hydroxylation is 7. The van der Waals surface area contributed by atoms with Crippen LogP contribution < -0.4 is 0 Å². The highest BCUT2D eigenvalue weighted by molar-refractivity contribution is 6.17. The minimum Gasteiger partial charge on any atom is -0.308 e. The van der Waals surface area contributed by atoms with Crippen molar-refractivity contribution < 1.29 is 0 Å². The fourth-order valence-corrected chi connectivity index (χ4v) is 21.8. The molecule has 136 heavy (non-hydrogen) atoms. The van der Waals surface area contributed by atoms with Gasteiger partial charge in [-0.05, 0) is 281 Å². The Bertz CT molecular complexity index is 9010. The molecule has 6 heterocycles. The molecule has 18 aromatic carbocycles. The summed E-state index contributed by atoms with van der Waals surface area (Å²) in [5.74, 6) is 0. The molecule has 0 N–H and O–H groups in total. The van der Waals surface area contributed by atoms with Crippen molar-refractivity contribution in [2.75, 3.05) is 0 Å². The van der Waals surface area contributed by atoms with Crippen molar-refractivity contribution >= 4 is 87.2 Å². The van der Waals surface area contributed by atoms with E-state index in [4.69, 9.17) is 9.97 Å². The summed E-state index contributed by atoms with van der Waals surface area (Å²) in [6, 6.07) is 153. The average Bonchev–Trinajstić information content (AvgIpc) is 1.78. The lowest BCUT2D eigenvalue weighted by Gasteiger charge is -2.22. The maximum absolute atomic E-state index is 11.8. The van der Waals surface area contributed by atoms with Gasteiger partial charge >= 0.3 is 0 Å². The summed E-state index contributed by atoms with van der Waals surface area (Å²) in [6.07, 6.45) is 0.672. The number of pyridine rings is 2. The molecule has 24 rings (SSSR count). The number of nitriles is 2. The van der Waals surface area contributed by atoms with Crippen LogP contribution in [0.1, 0.15) is 61.5 Å². The van der Waals surface area contributed by atoms with Crippen LogP contribution in [-0.2, 0) is 6.42 Å². The Morgan fingerprint density at radius 1 is 0.213 bits per heavy atom. The van der Waals surface area contributed by atoms with Crippen molar-refractivity contribution in [2.24, 2.45) is 0 Å². The monoisotopic (exact) mass is 1740 g/mol. The highest BCUT2D eigenvalue weighted by Gasteiger charge is 2.30. The fourth-order valence-electron chi connectivity index (χ4n) is 21.8. The van der Waals surface area contributed by atoms with Crippen molar-refractivity contribution in [1.82, 2.24) is 28.2 Å². The van der Waals surface area contributed by atoms with Crippen molar-refractivity contribution in [1.29, 1.82) is 10.5 Å². The number of nitrogens with zero attached hydrogens (tertiary/aromatic N) is 8. The van der Waals surface area contributed by atoms with Crippen LogP contribution in [0.15, 0.2) is 406 Å². The van der Waals surface area contributed by atoms with Crippen molar-refractivity contribution in [3.05, 3.63) is 468 Å². The third-order valence-corrected chi connectivity index (χ3v) is 28.1. The van der Waals surface area contributed by atoms with Gasteiger partial charge in [-0.3, -0.25) is 4.98 Å². The smallest absolute Gasteiger partial charge is 0.0993 e. The van der Waals surface area contributed by atoms with Crippen molar-refractivity contribution in [2.45, 2.75) is 54.9 Å². The summed E-state index contributed by atoms with van der Waals surface area (Å²) in [5, 5.41) is 32.2. The zero-order chi connectivity index (χ0) is 91.7. The molecule has 24 aromatic rings. The van der Waals surface area contributed by atoms with E-state index in [2.05, 4.69) is 485 Å². The largest absolute Gasteiger partial charge is 0.308 e. The van der Waals surface area contributed by atoms with Gasteiger partial charge in [0.1, 0.15) is 0 Å². The molecule has 0 unspecified atom stereocenters. The van der Waals surface area contributed by atoms with Crippen molar-refractivity contribution in [3.8, 4) is 146 Å². The maximum Gasteiger partial charge on any atom is 0.0993 e. The molecule has 6 aromatic heterocycles. The highest BCUT2D eigenvalue weighted by Crippen LogP contribution is 2.51. The second kappa shape index (κ2) is 33.1. The molecule has 0 radical (unpaired) electrons. The van der Waals surface area contributed by atoms with Crippen LogP contribution >= 0.6 is 0 Å². The van der Waals surface area contributed by atoms with Gasteiger partial charge in [0.25, 0.3) is 0 Å². The molecular weight excluding hydrogens is 1650 g/mol. The van der Waals surface area contributed by atoms with Gasteiger partial charge in [-0.2, -0.15) is 10.5 Å². The van der Waals surface area contributed by atoms with Gasteiger partial charge in [-0.25, -0.2) is 4.98 Å². The van der Waals surface area contributed by atoms with E-state index in [1.807, 2.05) is 0 Å². The normalized spacial score (nSPS) is 11.7. The van der Waals surface area contributed by atoms with E-state index < -0.39 is 0 Å². The zero-order valence-corrected chi connectivity index (χ0v) is 76.5. The summed E-state index contributed by atoms with van der Waals surface area (Å²) in [7, 11) is 0. The predicted molar refractivity (Wildman–Crippen MR) is 566 cm³/mol. The Morgan fingerprint density at radius 2 is 0.522 bits per heavy atom. The van der Waals surface area contributed by atoms with E-state index in [0.717, 1.165) is 233 Å². The SMILES string of the molecule is Cc1cc(-c2c(-n3c4cc(-c5ccccc5C)ccc4c4ccc(-c5ccccc5C)cc43)cc(C#N)cc2-n2c3cc(-c4ccccc4C)ccc3c3ccc(-c4ccccc4Cc4ccc(-c5ccc6c(c5)c5ccccc5n6-c5cc(C#N)cc(-n6c7ccccc7c7cc(-c8ccccc8C)ccc76)c5-c5cc(-c6ccccc6)nc(-c6ccccc6)c5)c(C)c4)cc32)cc(C)n1. The summed E-state index contributed by atoms with van der Waals surface area (Å²) < 4.78 is 9.70. The molecule has 0 aliphatic carbocycles. The van der Waals surface area contributed by atoms with E-state index in [0.29, 0.717) is 17.5 Å². The van der Waals surface area contributed by atoms with Crippen LogP contribution in [0.5, 0.6) is 0 Å². The van der Waals surface area contributed by atoms with Crippen LogP contribution in [0.4, 0.5) is 0 Å². The molecule has 0 atom stereocenters. The van der Waals surface area contributed by atoms with Gasteiger partial charge in [-0.15, -0.1) is 0 Å². The zero-order valence-electron chi connectivity index (χ0n) is 76.5. The predicted octanol–water partition coefficient (Wildman–Crippen LogP) is 33.0. The van der Waals surface area contributed by atoms with Crippen LogP contribution in [0.3, 0.4) is 0 Å². The van der Waals surface area contributed by atoms with E-state index in [9.17, 15) is 10.5 Å². The number of hydrogen-bond donors (Lipinski definition) is 0. The van der Waals surface area contributed by atoms with Crippen LogP contribution in [0.2, 0.25) is 0 Å². The van der Waals surface area contributed by atoms with Crippen LogP contribution in [-0.4, -0.2) is 28.2 Å². The third kappa shape index (κ3) is 13.9. The van der Waals surface area contributed by atoms with Crippen LogP contribution in [0.25, 0.3) is 222 Å². The molecule has 642 valence electrons. The second-order valence-electron chi connectivity index (χ2n) is 36.5. The molecule has 0 bridgehead atoms. The van der Waals surface area contributed by atoms with Crippen LogP contribution in [0, 0.1) is 71.1 Å². The Kier molecular flexibility index (Phi) is 19.9. The summed E-state index contributed by atoms with van der Waals surface area (Å²) in [5.41, 5.74) is 44.0. The summed E-state index contributed by atoms with van der Waals surface area (Å²) >= 11 is 0. The lowest BCUT2D eigenvalue weighted by atomic mass is 9.92. The van der Waals surface area contributed by atoms with Gasteiger partial charge in [0.05, 0.1) is 102 Å². The number of rotatable bonds is 16. The first kappa shape index (κ1) is 81.7. The Morgan fingerprint density at radius 3 is 0.912 bits per heavy atom. The molecule has 0 fully saturated rings. The standard InChI is InChI=1S/C128H90N8/c1-78-28-14-19-37-99(78)91-51-58-117-111(68-91)105-42-24-26-44-115(105)133(117)123-64-86(76-129)65-124(128(123)98-70-113(88-32-10-8-11-33-88)132-114(71-98)89-34-12-9-13-35-89)134-116-45-27-25-43-106(116)112-69-92(52-59-118(112)134)103-53-46-85(60-82(103)5)63-90-36-18-23-41-104(90)96-50-57-110-109-56-49-95(102-40-22-17-31-81(102)4)74-121(109)136(122(110)75-96)126-67-87(77-130)66-125(127(126)97-61-83(6)131-84(7)62-97)135-119-72-93(100-38-20-15-29-79(100)2)47-54-107(119)108-55-48-94(73-120(108)135)101-39-21-16-30-80(101)3/h8-62,64-75H,63H2,1-7H3. The Hall–Kier alpha value is -17.6. The molecule has 8 heteroatoms. The number of aromatic nitrogens is 6. The molecule has 0 amide bonds. The van der Waals surface area contributed by atoms with Crippen molar-refractivity contribution in [3.63, 3.8) is 0 Å². The van der Waals surface area contributed by atoms with Gasteiger partial charge in [0.2, 0.25) is 0 Å². The quantitative estimate of drug-likeness (QED) is 0.0963. The second-order valence-corrected chi connectivity index (χ2v) is 36.5. The first-order valence-corrected chi connectivity index (χ1v) is 46.6.